The molecule has 6 N–H and O–H groups in total. The molecular formula is C25H28N6O3. The Kier molecular flexibility index (Phi) is 7.24. The fourth-order valence-corrected chi connectivity index (χ4v) is 3.80. The van der Waals surface area contributed by atoms with Gasteiger partial charge < -0.3 is 31.7 Å². The molecule has 1 saturated heterocycles. The number of hydrogen-bond donors (Lipinski definition) is 4. The van der Waals surface area contributed by atoms with Gasteiger partial charge in [0.2, 0.25) is 11.8 Å². The summed E-state index contributed by atoms with van der Waals surface area (Å²) in [6, 6.07) is 17.1. The molecule has 2 heterocycles. The first-order chi connectivity index (χ1) is 16.5. The molecule has 176 valence electrons. The van der Waals surface area contributed by atoms with Crippen LogP contribution in [0.2, 0.25) is 0 Å². The third-order valence-corrected chi connectivity index (χ3v) is 5.56. The smallest absolute Gasteiger partial charge is 0.248 e. The summed E-state index contributed by atoms with van der Waals surface area (Å²) in [5.41, 5.74) is 15.6. The van der Waals surface area contributed by atoms with E-state index in [9.17, 15) is 9.59 Å². The van der Waals surface area contributed by atoms with Gasteiger partial charge in [0.05, 0.1) is 19.6 Å². The van der Waals surface area contributed by atoms with Gasteiger partial charge in [0.1, 0.15) is 5.82 Å². The van der Waals surface area contributed by atoms with Crippen LogP contribution in [-0.2, 0) is 22.5 Å². The van der Waals surface area contributed by atoms with Gasteiger partial charge in [-0.15, -0.1) is 0 Å². The molecule has 1 aromatic heterocycles. The molecule has 2 amide bonds. The van der Waals surface area contributed by atoms with Gasteiger partial charge in [0, 0.05) is 60.1 Å². The van der Waals surface area contributed by atoms with E-state index in [-0.39, 0.29) is 6.42 Å². The van der Waals surface area contributed by atoms with Crippen LogP contribution >= 0.6 is 0 Å². The average Bonchev–Trinajstić information content (AvgIpc) is 2.85. The van der Waals surface area contributed by atoms with Crippen molar-refractivity contribution in [2.75, 3.05) is 41.8 Å². The van der Waals surface area contributed by atoms with Gasteiger partial charge in [-0.05, 0) is 42.0 Å². The first kappa shape index (κ1) is 23.1. The summed E-state index contributed by atoms with van der Waals surface area (Å²) in [4.78, 5) is 29.7. The first-order valence-corrected chi connectivity index (χ1v) is 11.1. The fourth-order valence-electron chi connectivity index (χ4n) is 3.80. The van der Waals surface area contributed by atoms with Gasteiger partial charge >= 0.3 is 0 Å². The Hall–Kier alpha value is -4.11. The first-order valence-electron chi connectivity index (χ1n) is 11.1. The van der Waals surface area contributed by atoms with Crippen molar-refractivity contribution in [3.63, 3.8) is 0 Å². The number of nitrogens with two attached hydrogens (primary N) is 2. The van der Waals surface area contributed by atoms with Gasteiger partial charge in [0.25, 0.3) is 0 Å². The van der Waals surface area contributed by atoms with Gasteiger partial charge in [-0.2, -0.15) is 0 Å². The number of benzene rings is 2. The highest BCUT2D eigenvalue weighted by Gasteiger charge is 2.12. The number of anilines is 4. The molecule has 0 bridgehead atoms. The number of pyridine rings is 1. The van der Waals surface area contributed by atoms with Crippen LogP contribution in [0.4, 0.5) is 22.9 Å². The van der Waals surface area contributed by atoms with Crippen molar-refractivity contribution in [3.05, 3.63) is 77.5 Å². The Morgan fingerprint density at radius 3 is 2.50 bits per heavy atom. The molecule has 4 rings (SSSR count). The number of hydrogen-bond acceptors (Lipinski definition) is 7. The predicted octanol–water partition coefficient (Wildman–Crippen LogP) is 2.40. The highest BCUT2D eigenvalue weighted by molar-refractivity contribution is 5.92. The number of morpholine rings is 1. The molecule has 1 aliphatic heterocycles. The molecule has 0 radical (unpaired) electrons. The Morgan fingerprint density at radius 1 is 1.03 bits per heavy atom. The fraction of sp³-hybridized carbons (Fsp3) is 0.240. The van der Waals surface area contributed by atoms with Crippen LogP contribution in [0, 0.1) is 0 Å². The van der Waals surface area contributed by atoms with Gasteiger partial charge in [-0.1, -0.05) is 12.1 Å². The van der Waals surface area contributed by atoms with Crippen molar-refractivity contribution >= 4 is 34.7 Å². The highest BCUT2D eigenvalue weighted by Crippen LogP contribution is 2.25. The second-order valence-corrected chi connectivity index (χ2v) is 8.06. The number of amides is 2. The lowest BCUT2D eigenvalue weighted by Gasteiger charge is -2.28. The van der Waals surface area contributed by atoms with E-state index in [1.165, 1.54) is 0 Å². The van der Waals surface area contributed by atoms with Crippen LogP contribution < -0.4 is 27.0 Å². The van der Waals surface area contributed by atoms with Crippen molar-refractivity contribution in [3.8, 4) is 0 Å². The van der Waals surface area contributed by atoms with Gasteiger partial charge in [-0.25, -0.2) is 4.98 Å². The SMILES string of the molecule is NC(=O)Cc1cnc(Nc2ccc(N3CCOCC3)cc2)cc1NCc1cccc(C(N)=O)c1. The zero-order chi connectivity index (χ0) is 23.9. The molecule has 0 unspecified atom stereocenters. The maximum atomic E-state index is 11.5. The van der Waals surface area contributed by atoms with E-state index in [4.69, 9.17) is 16.2 Å². The molecule has 0 saturated carbocycles. The highest BCUT2D eigenvalue weighted by atomic mass is 16.5. The summed E-state index contributed by atoms with van der Waals surface area (Å²) in [6.07, 6.45) is 1.70. The van der Waals surface area contributed by atoms with Crippen molar-refractivity contribution in [2.45, 2.75) is 13.0 Å². The van der Waals surface area contributed by atoms with Gasteiger partial charge in [0.15, 0.2) is 0 Å². The largest absolute Gasteiger partial charge is 0.381 e. The Morgan fingerprint density at radius 2 is 1.79 bits per heavy atom. The number of carbonyl (C=O) groups is 2. The molecular weight excluding hydrogens is 432 g/mol. The zero-order valence-electron chi connectivity index (χ0n) is 18.8. The summed E-state index contributed by atoms with van der Waals surface area (Å²) in [7, 11) is 0. The van der Waals surface area contributed by atoms with E-state index in [0.717, 1.165) is 48.9 Å². The maximum Gasteiger partial charge on any atom is 0.248 e. The summed E-state index contributed by atoms with van der Waals surface area (Å²) in [5.74, 6) is -0.299. The van der Waals surface area contributed by atoms with Crippen molar-refractivity contribution in [1.82, 2.24) is 4.98 Å². The third-order valence-electron chi connectivity index (χ3n) is 5.56. The number of nitrogens with zero attached hydrogens (tertiary/aromatic N) is 2. The summed E-state index contributed by atoms with van der Waals surface area (Å²) in [6.45, 7) is 3.68. The summed E-state index contributed by atoms with van der Waals surface area (Å²) < 4.78 is 5.42. The van der Waals surface area contributed by atoms with Crippen LogP contribution in [0.25, 0.3) is 0 Å². The molecule has 34 heavy (non-hydrogen) atoms. The number of primary amides is 2. The zero-order valence-corrected chi connectivity index (χ0v) is 18.8. The summed E-state index contributed by atoms with van der Waals surface area (Å²) >= 11 is 0. The second kappa shape index (κ2) is 10.7. The van der Waals surface area contributed by atoms with E-state index in [2.05, 4.69) is 32.7 Å². The molecule has 0 aliphatic carbocycles. The Balaban J connectivity index is 1.49. The monoisotopic (exact) mass is 460 g/mol. The second-order valence-electron chi connectivity index (χ2n) is 8.06. The number of carbonyl (C=O) groups excluding carboxylic acids is 2. The topological polar surface area (TPSA) is 136 Å². The van der Waals surface area contributed by atoms with E-state index in [1.54, 1.807) is 24.4 Å². The minimum Gasteiger partial charge on any atom is -0.381 e. The minimum absolute atomic E-state index is 0.0607. The van der Waals surface area contributed by atoms with E-state index < -0.39 is 11.8 Å². The Labute approximate surface area is 198 Å². The molecule has 9 heteroatoms. The lowest BCUT2D eigenvalue weighted by atomic mass is 10.1. The normalized spacial score (nSPS) is 13.4. The quantitative estimate of drug-likeness (QED) is 0.385. The maximum absolute atomic E-state index is 11.5. The standard InChI is InChI=1S/C25H28N6O3/c26-23(32)13-19-16-29-24(14-22(19)28-15-17-2-1-3-18(12-17)25(27)33)30-20-4-6-21(7-5-20)31-8-10-34-11-9-31/h1-7,12,14,16H,8-11,13,15H2,(H2,26,32)(H2,27,33)(H2,28,29,30). The van der Waals surface area contributed by atoms with Crippen molar-refractivity contribution in [2.24, 2.45) is 11.5 Å². The molecule has 1 fully saturated rings. The third kappa shape index (κ3) is 6.02. The van der Waals surface area contributed by atoms with E-state index >= 15 is 0 Å². The minimum atomic E-state index is -0.480. The van der Waals surface area contributed by atoms with E-state index in [0.29, 0.717) is 23.5 Å². The molecule has 9 nitrogen and oxygen atoms in total. The molecule has 1 aliphatic rings. The van der Waals surface area contributed by atoms with Crippen LogP contribution in [0.5, 0.6) is 0 Å². The van der Waals surface area contributed by atoms with E-state index in [1.807, 2.05) is 24.3 Å². The van der Waals surface area contributed by atoms with Crippen molar-refractivity contribution in [1.29, 1.82) is 0 Å². The lowest BCUT2D eigenvalue weighted by molar-refractivity contribution is -0.117. The molecule has 0 spiro atoms. The molecule has 0 atom stereocenters. The number of nitrogens with one attached hydrogen (secondary N) is 2. The van der Waals surface area contributed by atoms with Crippen LogP contribution in [0.15, 0.2) is 60.8 Å². The van der Waals surface area contributed by atoms with Crippen LogP contribution in [0.1, 0.15) is 21.5 Å². The predicted molar refractivity (Wildman–Crippen MR) is 132 cm³/mol. The number of rotatable bonds is 9. The molecule has 3 aromatic rings. The number of ether oxygens (including phenoxy) is 1. The van der Waals surface area contributed by atoms with Crippen molar-refractivity contribution < 1.29 is 14.3 Å². The van der Waals surface area contributed by atoms with Crippen LogP contribution in [0.3, 0.4) is 0 Å². The Bertz CT molecular complexity index is 1160. The number of aromatic nitrogens is 1. The molecule has 2 aromatic carbocycles. The average molecular weight is 461 g/mol. The summed E-state index contributed by atoms with van der Waals surface area (Å²) in [5, 5.41) is 6.63. The van der Waals surface area contributed by atoms with Crippen LogP contribution in [-0.4, -0.2) is 43.1 Å². The van der Waals surface area contributed by atoms with Gasteiger partial charge in [-0.3, -0.25) is 9.59 Å². The lowest BCUT2D eigenvalue weighted by Crippen LogP contribution is -2.36.